The summed E-state index contributed by atoms with van der Waals surface area (Å²) in [7, 11) is 3.12. The molecule has 0 spiro atoms. The van der Waals surface area contributed by atoms with Crippen molar-refractivity contribution in [1.29, 1.82) is 0 Å². The third kappa shape index (κ3) is 4.02. The summed E-state index contributed by atoms with van der Waals surface area (Å²) in [4.78, 5) is 11.5. The van der Waals surface area contributed by atoms with Gasteiger partial charge in [0.2, 0.25) is 0 Å². The lowest BCUT2D eigenvalue weighted by molar-refractivity contribution is -0.153. The topological polar surface area (TPSA) is 98.6 Å². The molecule has 1 aliphatic heterocycles. The Morgan fingerprint density at radius 2 is 2.08 bits per heavy atom. The molecular weight excluding hydrogens is 465 g/mol. The molecule has 2 aromatic heterocycles. The number of aromatic nitrogens is 3. The van der Waals surface area contributed by atoms with Crippen LogP contribution in [0, 0.1) is 5.82 Å². The Morgan fingerprint density at radius 3 is 2.75 bits per heavy atom. The maximum Gasteiger partial charge on any atom is 0.332 e. The highest BCUT2D eigenvalue weighted by Gasteiger charge is 2.37. The van der Waals surface area contributed by atoms with E-state index in [1.807, 2.05) is 0 Å². The van der Waals surface area contributed by atoms with Crippen molar-refractivity contribution < 1.29 is 28.5 Å². The molecule has 0 bridgehead atoms. The van der Waals surface area contributed by atoms with E-state index >= 15 is 0 Å². The van der Waals surface area contributed by atoms with Gasteiger partial charge in [-0.15, -0.1) is 0 Å². The largest absolute Gasteiger partial charge is 0.494 e. The lowest BCUT2D eigenvalue weighted by atomic mass is 9.80. The molecule has 0 radical (unpaired) electrons. The van der Waals surface area contributed by atoms with E-state index in [4.69, 9.17) is 14.2 Å². The van der Waals surface area contributed by atoms with E-state index in [1.165, 1.54) is 13.2 Å². The normalized spacial score (nSPS) is 18.7. The lowest BCUT2D eigenvalue weighted by Gasteiger charge is -2.32. The third-order valence-corrected chi connectivity index (χ3v) is 7.07. The van der Waals surface area contributed by atoms with Crippen LogP contribution in [0.15, 0.2) is 36.5 Å². The molecule has 9 heteroatoms. The summed E-state index contributed by atoms with van der Waals surface area (Å²) in [5, 5.41) is 18.7. The fourth-order valence-corrected chi connectivity index (χ4v) is 5.49. The van der Waals surface area contributed by atoms with Gasteiger partial charge >= 0.3 is 5.97 Å². The number of H-pyrrole nitrogens is 1. The number of benzene rings is 2. The number of carboxylic acids is 1. The zero-order valence-corrected chi connectivity index (χ0v) is 20.8. The van der Waals surface area contributed by atoms with Gasteiger partial charge in [-0.1, -0.05) is 13.8 Å². The Bertz CT molecular complexity index is 1430. The molecule has 36 heavy (non-hydrogen) atoms. The summed E-state index contributed by atoms with van der Waals surface area (Å²) in [5.74, 6) is -1.25. The van der Waals surface area contributed by atoms with E-state index in [0.29, 0.717) is 26.1 Å². The molecule has 8 nitrogen and oxygen atoms in total. The van der Waals surface area contributed by atoms with Crippen LogP contribution in [-0.2, 0) is 19.7 Å². The molecule has 2 atom stereocenters. The Morgan fingerprint density at radius 1 is 1.28 bits per heavy atom. The summed E-state index contributed by atoms with van der Waals surface area (Å²) in [6.45, 7) is 4.96. The van der Waals surface area contributed by atoms with Crippen LogP contribution >= 0.6 is 0 Å². The predicted molar refractivity (Wildman–Crippen MR) is 134 cm³/mol. The van der Waals surface area contributed by atoms with Crippen LogP contribution in [0.3, 0.4) is 0 Å². The average Bonchev–Trinajstić information content (AvgIpc) is 3.45. The first kappa shape index (κ1) is 24.3. The van der Waals surface area contributed by atoms with Crippen LogP contribution in [0.1, 0.15) is 43.9 Å². The fourth-order valence-electron chi connectivity index (χ4n) is 5.49. The fraction of sp³-hybridized carbons (Fsp3) is 0.407. The zero-order chi connectivity index (χ0) is 25.6. The monoisotopic (exact) mass is 495 g/mol. The zero-order valence-electron chi connectivity index (χ0n) is 20.8. The number of nitrogens with one attached hydrogen (secondary N) is 1. The Balaban J connectivity index is 1.83. The molecule has 0 unspecified atom stereocenters. The summed E-state index contributed by atoms with van der Waals surface area (Å²) in [5.41, 5.74) is 4.24. The number of hydrogen-bond donors (Lipinski definition) is 2. The number of carbonyl (C=O) groups is 1. The van der Waals surface area contributed by atoms with Gasteiger partial charge in [-0.3, -0.25) is 5.10 Å². The number of carboxylic acid groups (broad SMARTS) is 1. The smallest absolute Gasteiger partial charge is 0.332 e. The van der Waals surface area contributed by atoms with E-state index < -0.39 is 23.3 Å². The van der Waals surface area contributed by atoms with Crippen LogP contribution in [0.5, 0.6) is 5.75 Å². The molecule has 0 saturated carbocycles. The van der Waals surface area contributed by atoms with Crippen LogP contribution in [-0.4, -0.2) is 59.4 Å². The minimum absolute atomic E-state index is 0.0294. The van der Waals surface area contributed by atoms with Gasteiger partial charge in [0.15, 0.2) is 17.7 Å². The van der Waals surface area contributed by atoms with Gasteiger partial charge in [0.25, 0.3) is 0 Å². The molecule has 1 aliphatic rings. The van der Waals surface area contributed by atoms with Crippen molar-refractivity contribution in [3.63, 3.8) is 0 Å². The molecule has 190 valence electrons. The highest BCUT2D eigenvalue weighted by molar-refractivity contribution is 5.99. The molecule has 5 rings (SSSR count). The first-order chi connectivity index (χ1) is 17.2. The first-order valence-electron chi connectivity index (χ1n) is 11.9. The van der Waals surface area contributed by atoms with Gasteiger partial charge in [-0.05, 0) is 42.7 Å². The van der Waals surface area contributed by atoms with Gasteiger partial charge in [-0.2, -0.15) is 5.10 Å². The SMILES string of the molecule is COCC(C)(C)c1c([C@H]2CC[C@H](C(=O)O)OC2)c2cc3[nH]ncc3cc2n1-c1ccc(F)c(OC)c1. The van der Waals surface area contributed by atoms with Gasteiger partial charge in [0, 0.05) is 46.7 Å². The minimum Gasteiger partial charge on any atom is -0.494 e. The number of methoxy groups -OCH3 is 2. The van der Waals surface area contributed by atoms with E-state index in [0.717, 1.165) is 38.8 Å². The number of ether oxygens (including phenoxy) is 3. The standard InChI is InChI=1S/C27H30FN3O5/c1-27(2,14-34-3)25-24(15-5-8-22(26(32)33)36-13-15)18-11-20-16(12-29-30-20)9-21(18)31(25)17-6-7-19(28)23(10-17)35-4/h6-7,9-12,15,22H,5,8,13-14H2,1-4H3,(H,29,30)(H,32,33)/t15-,22+/m0/s1. The van der Waals surface area contributed by atoms with Crippen LogP contribution < -0.4 is 4.74 Å². The molecule has 2 N–H and O–H groups in total. The number of nitrogens with zero attached hydrogens (tertiary/aromatic N) is 2. The van der Waals surface area contributed by atoms with Crippen molar-refractivity contribution in [2.75, 3.05) is 27.4 Å². The maximum absolute atomic E-state index is 14.4. The maximum atomic E-state index is 14.4. The summed E-state index contributed by atoms with van der Waals surface area (Å²) < 4.78 is 33.3. The summed E-state index contributed by atoms with van der Waals surface area (Å²) in [6.07, 6.45) is 2.07. The average molecular weight is 496 g/mol. The van der Waals surface area contributed by atoms with Crippen LogP contribution in [0.4, 0.5) is 4.39 Å². The van der Waals surface area contributed by atoms with Gasteiger partial charge < -0.3 is 23.9 Å². The van der Waals surface area contributed by atoms with Crippen molar-refractivity contribution >= 4 is 27.8 Å². The number of aromatic amines is 1. The second-order valence-electron chi connectivity index (χ2n) is 9.99. The predicted octanol–water partition coefficient (Wildman–Crippen LogP) is 4.93. The minimum atomic E-state index is -0.937. The van der Waals surface area contributed by atoms with E-state index in [9.17, 15) is 14.3 Å². The molecule has 0 amide bonds. The second-order valence-corrected chi connectivity index (χ2v) is 9.99. The van der Waals surface area contributed by atoms with Crippen molar-refractivity contribution in [3.8, 4) is 11.4 Å². The van der Waals surface area contributed by atoms with Crippen molar-refractivity contribution in [3.05, 3.63) is 53.6 Å². The van der Waals surface area contributed by atoms with Gasteiger partial charge in [0.05, 0.1) is 37.6 Å². The van der Waals surface area contributed by atoms with Gasteiger partial charge in [0.1, 0.15) is 0 Å². The number of hydrogen-bond acceptors (Lipinski definition) is 5. The van der Waals surface area contributed by atoms with Crippen molar-refractivity contribution in [1.82, 2.24) is 14.8 Å². The molecule has 1 fully saturated rings. The molecule has 0 aliphatic carbocycles. The van der Waals surface area contributed by atoms with E-state index in [2.05, 4.69) is 40.7 Å². The summed E-state index contributed by atoms with van der Waals surface area (Å²) in [6, 6.07) is 9.00. The Labute approximate surface area is 208 Å². The number of halogens is 1. The van der Waals surface area contributed by atoms with Crippen molar-refractivity contribution in [2.24, 2.45) is 0 Å². The first-order valence-corrected chi connectivity index (χ1v) is 11.9. The molecular formula is C27H30FN3O5. The van der Waals surface area contributed by atoms with E-state index in [1.54, 1.807) is 25.4 Å². The number of rotatable bonds is 7. The number of aliphatic carboxylic acids is 1. The molecule has 4 aromatic rings. The van der Waals surface area contributed by atoms with Crippen LogP contribution in [0.25, 0.3) is 27.5 Å². The number of fused-ring (bicyclic) bond motifs is 2. The quantitative estimate of drug-likeness (QED) is 0.377. The highest BCUT2D eigenvalue weighted by atomic mass is 19.1. The molecule has 3 heterocycles. The highest BCUT2D eigenvalue weighted by Crippen LogP contribution is 2.45. The van der Waals surface area contributed by atoms with Crippen molar-refractivity contribution in [2.45, 2.75) is 44.1 Å². The Kier molecular flexibility index (Phi) is 6.22. The second kappa shape index (κ2) is 9.22. The molecule has 2 aromatic carbocycles. The Hall–Kier alpha value is -3.43. The molecule has 1 saturated heterocycles. The lowest BCUT2D eigenvalue weighted by Crippen LogP contribution is -2.33. The third-order valence-electron chi connectivity index (χ3n) is 7.07. The van der Waals surface area contributed by atoms with E-state index in [-0.39, 0.29) is 11.7 Å². The van der Waals surface area contributed by atoms with Crippen LogP contribution in [0.2, 0.25) is 0 Å². The van der Waals surface area contributed by atoms with Gasteiger partial charge in [-0.25, -0.2) is 9.18 Å². The summed E-state index contributed by atoms with van der Waals surface area (Å²) >= 11 is 0.